The number of pyridine rings is 1. The van der Waals surface area contributed by atoms with Gasteiger partial charge in [-0.25, -0.2) is 9.37 Å². The summed E-state index contributed by atoms with van der Waals surface area (Å²) in [4.78, 5) is 4.15. The lowest BCUT2D eigenvalue weighted by molar-refractivity contribution is 0.292. The minimum absolute atomic E-state index is 0.0552. The van der Waals surface area contributed by atoms with Gasteiger partial charge in [-0.05, 0) is 35.0 Å². The first-order chi connectivity index (χ1) is 15.2. The third-order valence-corrected chi connectivity index (χ3v) is 5.25. The summed E-state index contributed by atoms with van der Waals surface area (Å²) in [6.45, 7) is 1.76. The molecular formula is C25H22ClFN2O2. The molecule has 0 fully saturated rings. The fraction of sp³-hybridized carbons (Fsp3) is 0.160. The van der Waals surface area contributed by atoms with Crippen LogP contribution in [0.25, 0.3) is 10.8 Å². The van der Waals surface area contributed by atoms with Gasteiger partial charge in [-0.2, -0.15) is 0 Å². The molecule has 0 aliphatic rings. The van der Waals surface area contributed by atoms with Gasteiger partial charge in [0.25, 0.3) is 0 Å². The van der Waals surface area contributed by atoms with Gasteiger partial charge in [0.1, 0.15) is 24.8 Å². The Morgan fingerprint density at radius 2 is 1.74 bits per heavy atom. The van der Waals surface area contributed by atoms with Gasteiger partial charge in [-0.15, -0.1) is 0 Å². The van der Waals surface area contributed by atoms with E-state index >= 15 is 0 Å². The number of fused-ring (bicyclic) bond motifs is 1. The molecule has 1 aromatic heterocycles. The Balaban J connectivity index is 1.46. The van der Waals surface area contributed by atoms with Crippen molar-refractivity contribution in [3.05, 3.63) is 101 Å². The van der Waals surface area contributed by atoms with E-state index < -0.39 is 0 Å². The highest BCUT2D eigenvalue weighted by molar-refractivity contribution is 6.31. The lowest BCUT2D eigenvalue weighted by Crippen LogP contribution is -2.21. The molecule has 0 atom stereocenters. The lowest BCUT2D eigenvalue weighted by atomic mass is 10.0. The van der Waals surface area contributed by atoms with Crippen molar-refractivity contribution in [2.45, 2.75) is 13.2 Å². The Morgan fingerprint density at radius 3 is 2.58 bits per heavy atom. The summed E-state index contributed by atoms with van der Waals surface area (Å²) in [6, 6.07) is 22.2. The third-order valence-electron chi connectivity index (χ3n) is 4.90. The third kappa shape index (κ3) is 5.32. The Hall–Kier alpha value is -3.15. The van der Waals surface area contributed by atoms with Crippen LogP contribution in [0, 0.1) is 5.82 Å². The van der Waals surface area contributed by atoms with Gasteiger partial charge in [-0.1, -0.05) is 54.1 Å². The number of hydrogen-bond donors (Lipinski definition) is 1. The number of rotatable bonds is 9. The molecule has 0 bridgehead atoms. The Bertz CT molecular complexity index is 1130. The van der Waals surface area contributed by atoms with Crippen LogP contribution < -0.4 is 14.8 Å². The van der Waals surface area contributed by atoms with Crippen LogP contribution in [0.1, 0.15) is 11.1 Å². The molecule has 0 aliphatic carbocycles. The standard InChI is InChI=1S/C25H22ClFN2O2/c26-22-8-5-9-23(27)21(22)17-31-24-12-11-18-6-1-2-7-19(18)20(24)16-28-14-15-30-25-10-3-4-13-29-25/h1-13,28H,14-17H2. The number of halogens is 2. The van der Waals surface area contributed by atoms with E-state index in [1.54, 1.807) is 18.3 Å². The molecule has 4 nitrogen and oxygen atoms in total. The highest BCUT2D eigenvalue weighted by Gasteiger charge is 2.12. The lowest BCUT2D eigenvalue weighted by Gasteiger charge is -2.16. The van der Waals surface area contributed by atoms with Crippen LogP contribution in [0.2, 0.25) is 5.02 Å². The van der Waals surface area contributed by atoms with Crippen LogP contribution in [0.5, 0.6) is 11.6 Å². The van der Waals surface area contributed by atoms with E-state index in [0.717, 1.165) is 16.3 Å². The maximum Gasteiger partial charge on any atom is 0.213 e. The fourth-order valence-corrected chi connectivity index (χ4v) is 3.54. The molecule has 4 aromatic rings. The largest absolute Gasteiger partial charge is 0.488 e. The highest BCUT2D eigenvalue weighted by Crippen LogP contribution is 2.30. The number of nitrogens with zero attached hydrogens (tertiary/aromatic N) is 1. The molecule has 0 saturated carbocycles. The monoisotopic (exact) mass is 436 g/mol. The summed E-state index contributed by atoms with van der Waals surface area (Å²) in [5.74, 6) is 0.913. The van der Waals surface area contributed by atoms with Gasteiger partial charge >= 0.3 is 0 Å². The molecule has 31 heavy (non-hydrogen) atoms. The van der Waals surface area contributed by atoms with E-state index in [0.29, 0.717) is 41.9 Å². The molecule has 0 unspecified atom stereocenters. The number of nitrogens with one attached hydrogen (secondary N) is 1. The predicted molar refractivity (Wildman–Crippen MR) is 121 cm³/mol. The van der Waals surface area contributed by atoms with Crippen molar-refractivity contribution in [3.63, 3.8) is 0 Å². The quantitative estimate of drug-likeness (QED) is 0.338. The summed E-state index contributed by atoms with van der Waals surface area (Å²) in [6.07, 6.45) is 1.70. The molecule has 1 N–H and O–H groups in total. The number of aromatic nitrogens is 1. The van der Waals surface area contributed by atoms with E-state index in [9.17, 15) is 4.39 Å². The highest BCUT2D eigenvalue weighted by atomic mass is 35.5. The second kappa shape index (κ2) is 10.2. The Labute approximate surface area is 185 Å². The first-order valence-electron chi connectivity index (χ1n) is 10.0. The average molecular weight is 437 g/mol. The molecular weight excluding hydrogens is 415 g/mol. The SMILES string of the molecule is Fc1cccc(Cl)c1COc1ccc2ccccc2c1CNCCOc1ccccn1. The van der Waals surface area contributed by atoms with E-state index in [1.165, 1.54) is 6.07 Å². The van der Waals surface area contributed by atoms with Crippen molar-refractivity contribution >= 4 is 22.4 Å². The maximum absolute atomic E-state index is 14.1. The van der Waals surface area contributed by atoms with Crippen molar-refractivity contribution in [1.82, 2.24) is 10.3 Å². The van der Waals surface area contributed by atoms with Crippen LogP contribution in [-0.4, -0.2) is 18.1 Å². The second-order valence-corrected chi connectivity index (χ2v) is 7.35. The normalized spacial score (nSPS) is 10.9. The van der Waals surface area contributed by atoms with Crippen molar-refractivity contribution in [3.8, 4) is 11.6 Å². The van der Waals surface area contributed by atoms with Gasteiger partial charge < -0.3 is 14.8 Å². The summed E-state index contributed by atoms with van der Waals surface area (Å²) in [5.41, 5.74) is 1.35. The number of benzene rings is 3. The van der Waals surface area contributed by atoms with Crippen molar-refractivity contribution in [1.29, 1.82) is 0 Å². The zero-order chi connectivity index (χ0) is 21.5. The molecule has 0 amide bonds. The van der Waals surface area contributed by atoms with E-state index in [1.807, 2.05) is 42.5 Å². The smallest absolute Gasteiger partial charge is 0.213 e. The number of ether oxygens (including phenoxy) is 2. The van der Waals surface area contributed by atoms with Gasteiger partial charge in [-0.3, -0.25) is 0 Å². The molecule has 0 radical (unpaired) electrons. The van der Waals surface area contributed by atoms with E-state index in [-0.39, 0.29) is 12.4 Å². The van der Waals surface area contributed by atoms with Crippen molar-refractivity contribution in [2.75, 3.05) is 13.2 Å². The minimum atomic E-state index is -0.375. The Morgan fingerprint density at radius 1 is 0.871 bits per heavy atom. The molecule has 0 saturated heterocycles. The summed E-state index contributed by atoms with van der Waals surface area (Å²) in [5, 5.41) is 5.94. The molecule has 0 spiro atoms. The van der Waals surface area contributed by atoms with E-state index in [4.69, 9.17) is 21.1 Å². The summed E-state index contributed by atoms with van der Waals surface area (Å²) >= 11 is 6.15. The van der Waals surface area contributed by atoms with Crippen molar-refractivity contribution in [2.24, 2.45) is 0 Å². The zero-order valence-electron chi connectivity index (χ0n) is 16.9. The van der Waals surface area contributed by atoms with Gasteiger partial charge in [0.05, 0.1) is 5.02 Å². The maximum atomic E-state index is 14.1. The average Bonchev–Trinajstić information content (AvgIpc) is 2.80. The first-order valence-corrected chi connectivity index (χ1v) is 10.4. The van der Waals surface area contributed by atoms with Crippen LogP contribution in [0.15, 0.2) is 79.0 Å². The number of hydrogen-bond acceptors (Lipinski definition) is 4. The molecule has 3 aromatic carbocycles. The fourth-order valence-electron chi connectivity index (χ4n) is 3.33. The van der Waals surface area contributed by atoms with Crippen molar-refractivity contribution < 1.29 is 13.9 Å². The molecule has 158 valence electrons. The topological polar surface area (TPSA) is 43.4 Å². The van der Waals surface area contributed by atoms with Crippen LogP contribution >= 0.6 is 11.6 Å². The molecule has 6 heteroatoms. The Kier molecular flexibility index (Phi) is 6.97. The van der Waals surface area contributed by atoms with Gasteiger partial charge in [0.15, 0.2) is 0 Å². The first kappa shape index (κ1) is 21.1. The minimum Gasteiger partial charge on any atom is -0.488 e. The molecule has 1 heterocycles. The molecule has 0 aliphatic heterocycles. The van der Waals surface area contributed by atoms with Gasteiger partial charge in [0.2, 0.25) is 5.88 Å². The molecule has 4 rings (SSSR count). The summed E-state index contributed by atoms with van der Waals surface area (Å²) in [7, 11) is 0. The van der Waals surface area contributed by atoms with Crippen LogP contribution in [-0.2, 0) is 13.2 Å². The van der Waals surface area contributed by atoms with Crippen LogP contribution in [0.3, 0.4) is 0 Å². The van der Waals surface area contributed by atoms with Gasteiger partial charge in [0, 0.05) is 36.5 Å². The van der Waals surface area contributed by atoms with Crippen LogP contribution in [0.4, 0.5) is 4.39 Å². The zero-order valence-corrected chi connectivity index (χ0v) is 17.6. The van der Waals surface area contributed by atoms with E-state index in [2.05, 4.69) is 22.4 Å². The predicted octanol–water partition coefficient (Wildman–Crippen LogP) is 5.77. The summed E-state index contributed by atoms with van der Waals surface area (Å²) < 4.78 is 25.8. The second-order valence-electron chi connectivity index (χ2n) is 6.95.